The van der Waals surface area contributed by atoms with E-state index in [1.807, 2.05) is 30.3 Å². The third kappa shape index (κ3) is 6.67. The van der Waals surface area contributed by atoms with E-state index >= 15 is 0 Å². The molecule has 2 aliphatic heterocycles. The molecule has 2 heterocycles. The molecule has 0 bridgehead atoms. The lowest BCUT2D eigenvalue weighted by atomic mass is 9.94. The summed E-state index contributed by atoms with van der Waals surface area (Å²) < 4.78 is 10.9. The van der Waals surface area contributed by atoms with Gasteiger partial charge in [0.25, 0.3) is 0 Å². The Kier molecular flexibility index (Phi) is 9.72. The van der Waals surface area contributed by atoms with Crippen LogP contribution in [0, 0.1) is 23.7 Å². The molecule has 10 heteroatoms. The van der Waals surface area contributed by atoms with E-state index in [-0.39, 0.29) is 0 Å². The number of hydrogen-bond donors (Lipinski definition) is 8. The van der Waals surface area contributed by atoms with Crippen molar-refractivity contribution in [1.82, 2.24) is 0 Å². The van der Waals surface area contributed by atoms with Crippen LogP contribution in [0.5, 0.6) is 0 Å². The highest BCUT2D eigenvalue weighted by Crippen LogP contribution is 2.23. The van der Waals surface area contributed by atoms with Gasteiger partial charge in [-0.15, -0.1) is 0 Å². The SMILES string of the molecule is OCC1OC(C#Cc2ccc(C#CC3OC(CO)[C@@H](O)C(O)C3O)c(Cc3ccccc3)c2)C(O)C(O)[C@@H]1O. The molecule has 39 heavy (non-hydrogen) atoms. The zero-order valence-electron chi connectivity index (χ0n) is 20.9. The van der Waals surface area contributed by atoms with Crippen LogP contribution in [-0.4, -0.2) is 115 Å². The maximum atomic E-state index is 10.3. The van der Waals surface area contributed by atoms with Crippen LogP contribution in [0.4, 0.5) is 0 Å². The molecule has 2 aromatic carbocycles. The fraction of sp³-hybridized carbons (Fsp3) is 0.448. The first-order valence-electron chi connectivity index (χ1n) is 12.5. The minimum absolute atomic E-state index is 0.481. The van der Waals surface area contributed by atoms with Gasteiger partial charge >= 0.3 is 0 Å². The minimum atomic E-state index is -1.53. The third-order valence-electron chi connectivity index (χ3n) is 6.84. The van der Waals surface area contributed by atoms with Crippen molar-refractivity contribution in [3.05, 3.63) is 70.8 Å². The van der Waals surface area contributed by atoms with Crippen molar-refractivity contribution >= 4 is 0 Å². The quantitative estimate of drug-likeness (QED) is 0.196. The molecule has 10 atom stereocenters. The molecular formula is C29H32O10. The molecule has 2 aliphatic rings. The van der Waals surface area contributed by atoms with Crippen LogP contribution < -0.4 is 0 Å². The van der Waals surface area contributed by atoms with Crippen molar-refractivity contribution in [1.29, 1.82) is 0 Å². The monoisotopic (exact) mass is 540 g/mol. The van der Waals surface area contributed by atoms with Gasteiger partial charge in [-0.05, 0) is 35.7 Å². The number of aliphatic hydroxyl groups excluding tert-OH is 8. The van der Waals surface area contributed by atoms with Crippen molar-refractivity contribution in [2.75, 3.05) is 13.2 Å². The van der Waals surface area contributed by atoms with Gasteiger partial charge in [0.15, 0.2) is 0 Å². The van der Waals surface area contributed by atoms with Gasteiger partial charge in [-0.1, -0.05) is 54.0 Å². The summed E-state index contributed by atoms with van der Waals surface area (Å²) >= 11 is 0. The Labute approximate surface area is 225 Å². The number of rotatable bonds is 4. The number of aliphatic hydroxyl groups is 8. The summed E-state index contributed by atoms with van der Waals surface area (Å²) in [4.78, 5) is 0. The first kappa shape index (κ1) is 29.2. The molecule has 0 aliphatic carbocycles. The van der Waals surface area contributed by atoms with Crippen molar-refractivity contribution < 1.29 is 50.3 Å². The van der Waals surface area contributed by atoms with Crippen LogP contribution in [0.1, 0.15) is 22.3 Å². The van der Waals surface area contributed by atoms with Gasteiger partial charge in [0.1, 0.15) is 61.0 Å². The summed E-state index contributed by atoms with van der Waals surface area (Å²) in [6, 6.07) is 14.8. The van der Waals surface area contributed by atoms with Gasteiger partial charge in [0.2, 0.25) is 0 Å². The second kappa shape index (κ2) is 13.0. The van der Waals surface area contributed by atoms with E-state index in [0.717, 1.165) is 11.1 Å². The molecule has 4 rings (SSSR count). The summed E-state index contributed by atoms with van der Waals surface area (Å²) in [6.07, 6.45) is -12.9. The van der Waals surface area contributed by atoms with Crippen molar-refractivity contribution in [2.24, 2.45) is 0 Å². The number of ether oxygens (including phenoxy) is 2. The Hall–Kier alpha value is -2.84. The Bertz CT molecular complexity index is 1230. The topological polar surface area (TPSA) is 180 Å². The highest BCUT2D eigenvalue weighted by molar-refractivity contribution is 5.50. The van der Waals surface area contributed by atoms with Gasteiger partial charge in [0, 0.05) is 11.1 Å². The Morgan fingerprint density at radius 2 is 1.15 bits per heavy atom. The fourth-order valence-corrected chi connectivity index (χ4v) is 4.50. The molecule has 0 aromatic heterocycles. The lowest BCUT2D eigenvalue weighted by molar-refractivity contribution is -0.214. The van der Waals surface area contributed by atoms with Crippen LogP contribution in [0.2, 0.25) is 0 Å². The van der Waals surface area contributed by atoms with Crippen molar-refractivity contribution in [2.45, 2.75) is 67.5 Å². The average Bonchev–Trinajstić information content (AvgIpc) is 2.95. The third-order valence-corrected chi connectivity index (χ3v) is 6.84. The molecule has 208 valence electrons. The highest BCUT2D eigenvalue weighted by atomic mass is 16.5. The van der Waals surface area contributed by atoms with Crippen LogP contribution in [0.15, 0.2) is 48.5 Å². The first-order chi connectivity index (χ1) is 18.7. The lowest BCUT2D eigenvalue weighted by Crippen LogP contribution is -2.58. The van der Waals surface area contributed by atoms with Crippen LogP contribution in [0.25, 0.3) is 0 Å². The van der Waals surface area contributed by atoms with E-state index in [1.165, 1.54) is 0 Å². The zero-order chi connectivity index (χ0) is 28.1. The summed E-state index contributed by atoms with van der Waals surface area (Å²) in [5, 5.41) is 79.4. The minimum Gasteiger partial charge on any atom is -0.394 e. The van der Waals surface area contributed by atoms with Gasteiger partial charge in [0.05, 0.1) is 13.2 Å². The van der Waals surface area contributed by atoms with Gasteiger partial charge < -0.3 is 50.3 Å². The fourth-order valence-electron chi connectivity index (χ4n) is 4.50. The van der Waals surface area contributed by atoms with Crippen LogP contribution in [-0.2, 0) is 15.9 Å². The second-order valence-electron chi connectivity index (χ2n) is 9.57. The molecule has 0 amide bonds. The number of benzene rings is 2. The Morgan fingerprint density at radius 3 is 1.69 bits per heavy atom. The molecule has 2 fully saturated rings. The van der Waals surface area contributed by atoms with Gasteiger partial charge in [-0.2, -0.15) is 0 Å². The van der Waals surface area contributed by atoms with E-state index < -0.39 is 74.3 Å². The molecule has 10 nitrogen and oxygen atoms in total. The van der Waals surface area contributed by atoms with E-state index in [4.69, 9.17) is 9.47 Å². The first-order valence-corrected chi connectivity index (χ1v) is 12.5. The molecule has 8 unspecified atom stereocenters. The van der Waals surface area contributed by atoms with E-state index in [0.29, 0.717) is 17.5 Å². The molecule has 2 aromatic rings. The van der Waals surface area contributed by atoms with E-state index in [9.17, 15) is 40.9 Å². The summed E-state index contributed by atoms with van der Waals surface area (Å²) in [5.74, 6) is 11.4. The smallest absolute Gasteiger partial charge is 0.147 e. The summed E-state index contributed by atoms with van der Waals surface area (Å²) in [6.45, 7) is -1.10. The molecule has 2 saturated heterocycles. The van der Waals surface area contributed by atoms with Crippen molar-refractivity contribution in [3.63, 3.8) is 0 Å². The Balaban J connectivity index is 1.62. The number of hydrogen-bond acceptors (Lipinski definition) is 10. The summed E-state index contributed by atoms with van der Waals surface area (Å²) in [7, 11) is 0. The predicted octanol–water partition coefficient (Wildman–Crippen LogP) is -2.33. The predicted molar refractivity (Wildman–Crippen MR) is 137 cm³/mol. The maximum Gasteiger partial charge on any atom is 0.147 e. The highest BCUT2D eigenvalue weighted by Gasteiger charge is 2.43. The average molecular weight is 541 g/mol. The van der Waals surface area contributed by atoms with Crippen LogP contribution in [0.3, 0.4) is 0 Å². The second-order valence-corrected chi connectivity index (χ2v) is 9.57. The standard InChI is InChI=1S/C29H32O10/c30-14-22-26(34)28(36)24(32)20(38-22)10-7-17-6-8-18(19(13-17)12-16-4-2-1-3-5-16)9-11-21-25(33)29(37)27(35)23(15-31)39-21/h1-6,8,13,20-37H,12,14-15H2/t20?,21?,22?,23?,24?,25?,26-,27-,28?,29?/m1/s1. The largest absolute Gasteiger partial charge is 0.394 e. The molecule has 0 radical (unpaired) electrons. The van der Waals surface area contributed by atoms with E-state index in [1.54, 1.807) is 18.2 Å². The normalized spacial score (nSPS) is 34.4. The lowest BCUT2D eigenvalue weighted by Gasteiger charge is -2.37. The van der Waals surface area contributed by atoms with Crippen LogP contribution >= 0.6 is 0 Å². The van der Waals surface area contributed by atoms with Crippen molar-refractivity contribution in [3.8, 4) is 23.7 Å². The zero-order valence-corrected chi connectivity index (χ0v) is 20.9. The van der Waals surface area contributed by atoms with Gasteiger partial charge in [-0.3, -0.25) is 0 Å². The molecular weight excluding hydrogens is 508 g/mol. The molecule has 0 saturated carbocycles. The molecule has 8 N–H and O–H groups in total. The Morgan fingerprint density at radius 1 is 0.615 bits per heavy atom. The molecule has 0 spiro atoms. The van der Waals surface area contributed by atoms with E-state index in [2.05, 4.69) is 23.7 Å². The maximum absolute atomic E-state index is 10.3. The summed E-state index contributed by atoms with van der Waals surface area (Å²) in [5.41, 5.74) is 2.91. The van der Waals surface area contributed by atoms with Gasteiger partial charge in [-0.25, -0.2) is 0 Å².